The van der Waals surface area contributed by atoms with E-state index in [1.807, 2.05) is 19.9 Å². The van der Waals surface area contributed by atoms with E-state index in [4.69, 9.17) is 0 Å². The van der Waals surface area contributed by atoms with E-state index in [1.54, 1.807) is 10.7 Å². The smallest absolute Gasteiger partial charge is 0.257 e. The number of nitrogens with one attached hydrogen (secondary N) is 2. The van der Waals surface area contributed by atoms with Crippen LogP contribution < -0.4 is 10.6 Å². The maximum absolute atomic E-state index is 12.4. The minimum Gasteiger partial charge on any atom is -0.348 e. The van der Waals surface area contributed by atoms with E-state index in [1.165, 1.54) is 0 Å². The van der Waals surface area contributed by atoms with Gasteiger partial charge < -0.3 is 10.6 Å². The molecule has 6 nitrogen and oxygen atoms in total. The number of aryl methyl sites for hydroxylation is 2. The van der Waals surface area contributed by atoms with Crippen LogP contribution in [0.25, 0.3) is 5.65 Å². The summed E-state index contributed by atoms with van der Waals surface area (Å²) in [6.07, 6.45) is 3.71. The monoisotopic (exact) mass is 273 g/mol. The zero-order valence-corrected chi connectivity index (χ0v) is 11.8. The first kappa shape index (κ1) is 13.1. The Labute approximate surface area is 117 Å². The number of aromatic nitrogens is 3. The summed E-state index contributed by atoms with van der Waals surface area (Å²) in [7, 11) is 0. The van der Waals surface area contributed by atoms with E-state index in [0.717, 1.165) is 37.3 Å². The lowest BCUT2D eigenvalue weighted by molar-refractivity contribution is 0.0932. The fourth-order valence-corrected chi connectivity index (χ4v) is 2.67. The van der Waals surface area contributed by atoms with Gasteiger partial charge in [0, 0.05) is 24.0 Å². The molecule has 6 heteroatoms. The lowest BCUT2D eigenvalue weighted by atomic mass is 10.1. The zero-order chi connectivity index (χ0) is 14.1. The molecule has 0 radical (unpaired) electrons. The molecule has 0 spiro atoms. The summed E-state index contributed by atoms with van der Waals surface area (Å²) in [6, 6.07) is 2.14. The van der Waals surface area contributed by atoms with Gasteiger partial charge in [0.2, 0.25) is 0 Å². The summed E-state index contributed by atoms with van der Waals surface area (Å²) < 4.78 is 1.71. The van der Waals surface area contributed by atoms with Crippen LogP contribution in [0, 0.1) is 13.8 Å². The highest BCUT2D eigenvalue weighted by molar-refractivity contribution is 5.99. The average Bonchev–Trinajstić information content (AvgIpc) is 2.84. The first-order valence-electron chi connectivity index (χ1n) is 6.99. The van der Waals surface area contributed by atoms with Gasteiger partial charge in [-0.05, 0) is 39.3 Å². The molecule has 2 aromatic heterocycles. The molecule has 0 aliphatic carbocycles. The van der Waals surface area contributed by atoms with Gasteiger partial charge in [0.15, 0.2) is 5.65 Å². The molecule has 1 saturated heterocycles. The highest BCUT2D eigenvalue weighted by atomic mass is 16.1. The number of piperidine rings is 1. The fourth-order valence-electron chi connectivity index (χ4n) is 2.67. The third-order valence-electron chi connectivity index (χ3n) is 3.65. The molecule has 3 rings (SSSR count). The van der Waals surface area contributed by atoms with Crippen molar-refractivity contribution in [3.63, 3.8) is 0 Å². The van der Waals surface area contributed by atoms with Gasteiger partial charge in [-0.1, -0.05) is 0 Å². The third kappa shape index (κ3) is 2.38. The zero-order valence-electron chi connectivity index (χ0n) is 11.8. The number of nitrogens with zero attached hydrogens (tertiary/aromatic N) is 3. The first-order chi connectivity index (χ1) is 9.65. The molecular weight excluding hydrogens is 254 g/mol. The molecule has 106 valence electrons. The molecule has 1 aliphatic rings. The van der Waals surface area contributed by atoms with E-state index in [-0.39, 0.29) is 11.9 Å². The predicted octanol–water partition coefficient (Wildman–Crippen LogP) is 0.828. The minimum atomic E-state index is -0.0915. The minimum absolute atomic E-state index is 0.0915. The van der Waals surface area contributed by atoms with Crippen LogP contribution in [0.3, 0.4) is 0 Å². The Morgan fingerprint density at radius 1 is 1.50 bits per heavy atom. The number of fused-ring (bicyclic) bond motifs is 1. The number of hydrogen-bond donors (Lipinski definition) is 2. The highest BCUT2D eigenvalue weighted by Crippen LogP contribution is 2.12. The van der Waals surface area contributed by atoms with Crippen molar-refractivity contribution in [2.24, 2.45) is 0 Å². The van der Waals surface area contributed by atoms with Crippen LogP contribution in [0.15, 0.2) is 12.3 Å². The molecule has 20 heavy (non-hydrogen) atoms. The van der Waals surface area contributed by atoms with Gasteiger partial charge in [-0.25, -0.2) is 9.50 Å². The summed E-state index contributed by atoms with van der Waals surface area (Å²) in [5.41, 5.74) is 3.04. The molecule has 0 aromatic carbocycles. The second kappa shape index (κ2) is 5.20. The van der Waals surface area contributed by atoms with Crippen LogP contribution in [0.2, 0.25) is 0 Å². The Kier molecular flexibility index (Phi) is 3.40. The Bertz CT molecular complexity index is 642. The van der Waals surface area contributed by atoms with E-state index in [9.17, 15) is 4.79 Å². The predicted molar refractivity (Wildman–Crippen MR) is 75.8 cm³/mol. The van der Waals surface area contributed by atoms with Gasteiger partial charge in [-0.2, -0.15) is 5.10 Å². The Hall–Kier alpha value is -1.95. The maximum Gasteiger partial charge on any atom is 0.257 e. The SMILES string of the molecule is Cc1cc(C)n2ncc(C(=O)NC3CCCNC3)c2n1. The first-order valence-corrected chi connectivity index (χ1v) is 6.99. The molecule has 1 amide bonds. The molecular formula is C14H19N5O. The van der Waals surface area contributed by atoms with E-state index < -0.39 is 0 Å². The van der Waals surface area contributed by atoms with Crippen molar-refractivity contribution in [1.82, 2.24) is 25.2 Å². The molecule has 1 aliphatic heterocycles. The summed E-state index contributed by atoms with van der Waals surface area (Å²) in [5, 5.41) is 10.6. The number of carbonyl (C=O) groups excluding carboxylic acids is 1. The van der Waals surface area contributed by atoms with E-state index in [2.05, 4.69) is 20.7 Å². The van der Waals surface area contributed by atoms with Gasteiger partial charge in [-0.15, -0.1) is 0 Å². The summed E-state index contributed by atoms with van der Waals surface area (Å²) in [4.78, 5) is 16.8. The Balaban J connectivity index is 1.87. The van der Waals surface area contributed by atoms with Crippen LogP contribution in [0.1, 0.15) is 34.6 Å². The van der Waals surface area contributed by atoms with Crippen LogP contribution in [-0.2, 0) is 0 Å². The molecule has 2 aromatic rings. The van der Waals surface area contributed by atoms with Crippen LogP contribution in [-0.4, -0.2) is 39.6 Å². The topological polar surface area (TPSA) is 71.3 Å². The molecule has 0 bridgehead atoms. The quantitative estimate of drug-likeness (QED) is 0.850. The van der Waals surface area contributed by atoms with Crippen LogP contribution >= 0.6 is 0 Å². The van der Waals surface area contributed by atoms with Crippen LogP contribution in [0.5, 0.6) is 0 Å². The summed E-state index contributed by atoms with van der Waals surface area (Å²) in [5.74, 6) is -0.0915. The van der Waals surface area contributed by atoms with Crippen molar-refractivity contribution in [3.8, 4) is 0 Å². The van der Waals surface area contributed by atoms with Gasteiger partial charge in [0.05, 0.1) is 6.20 Å². The van der Waals surface area contributed by atoms with Gasteiger partial charge in [-0.3, -0.25) is 4.79 Å². The van der Waals surface area contributed by atoms with Crippen LogP contribution in [0.4, 0.5) is 0 Å². The summed E-state index contributed by atoms with van der Waals surface area (Å²) >= 11 is 0. The standard InChI is InChI=1S/C14H19N5O/c1-9-6-10(2)19-13(17-9)12(8-16-19)14(20)18-11-4-3-5-15-7-11/h6,8,11,15H,3-5,7H2,1-2H3,(H,18,20). The lowest BCUT2D eigenvalue weighted by Crippen LogP contribution is -2.45. The molecule has 3 heterocycles. The van der Waals surface area contributed by atoms with Crippen molar-refractivity contribution in [2.45, 2.75) is 32.7 Å². The molecule has 1 fully saturated rings. The van der Waals surface area contributed by atoms with Crippen molar-refractivity contribution in [3.05, 3.63) is 29.2 Å². The second-order valence-electron chi connectivity index (χ2n) is 5.35. The van der Waals surface area contributed by atoms with E-state index >= 15 is 0 Å². The number of amides is 1. The van der Waals surface area contributed by atoms with Crippen molar-refractivity contribution >= 4 is 11.6 Å². The number of rotatable bonds is 2. The molecule has 2 N–H and O–H groups in total. The van der Waals surface area contributed by atoms with Crippen molar-refractivity contribution in [1.29, 1.82) is 0 Å². The fraction of sp³-hybridized carbons (Fsp3) is 0.500. The van der Waals surface area contributed by atoms with E-state index in [0.29, 0.717) is 11.2 Å². The molecule has 1 atom stereocenters. The van der Waals surface area contributed by atoms with Gasteiger partial charge in [0.25, 0.3) is 5.91 Å². The molecule has 1 unspecified atom stereocenters. The average molecular weight is 273 g/mol. The maximum atomic E-state index is 12.4. The van der Waals surface area contributed by atoms with Crippen molar-refractivity contribution < 1.29 is 4.79 Å². The Morgan fingerprint density at radius 3 is 3.10 bits per heavy atom. The summed E-state index contributed by atoms with van der Waals surface area (Å²) in [6.45, 7) is 5.74. The second-order valence-corrected chi connectivity index (χ2v) is 5.35. The highest BCUT2D eigenvalue weighted by Gasteiger charge is 2.20. The van der Waals surface area contributed by atoms with Gasteiger partial charge in [0.1, 0.15) is 5.56 Å². The van der Waals surface area contributed by atoms with Crippen molar-refractivity contribution in [2.75, 3.05) is 13.1 Å². The van der Waals surface area contributed by atoms with Gasteiger partial charge >= 0.3 is 0 Å². The third-order valence-corrected chi connectivity index (χ3v) is 3.65. The lowest BCUT2D eigenvalue weighted by Gasteiger charge is -2.23. The largest absolute Gasteiger partial charge is 0.348 e. The number of hydrogen-bond acceptors (Lipinski definition) is 4. The molecule has 0 saturated carbocycles. The normalized spacial score (nSPS) is 19.2. The Morgan fingerprint density at radius 2 is 2.35 bits per heavy atom. The number of carbonyl (C=O) groups is 1.